The quantitative estimate of drug-likeness (QED) is 0.668. The van der Waals surface area contributed by atoms with Gasteiger partial charge in [0.1, 0.15) is 0 Å². The number of nitrogens with zero attached hydrogens (tertiary/aromatic N) is 1. The second kappa shape index (κ2) is 11.9. The van der Waals surface area contributed by atoms with Gasteiger partial charge in [0.05, 0.1) is 0 Å². The molecule has 0 spiro atoms. The Kier molecular flexibility index (Phi) is 9.32. The summed E-state index contributed by atoms with van der Waals surface area (Å²) in [5, 5.41) is 9.41. The minimum absolute atomic E-state index is 0.0537. The van der Waals surface area contributed by atoms with Gasteiger partial charge in [-0.15, -0.1) is 0 Å². The van der Waals surface area contributed by atoms with Crippen LogP contribution in [0.4, 0.5) is 0 Å². The lowest BCUT2D eigenvalue weighted by Crippen LogP contribution is -2.43. The lowest BCUT2D eigenvalue weighted by atomic mass is 9.71. The standard InChI is InChI=1S/C24H41NO4/c1-2-28-24-20(14-11-17-26)21(19-12-7-6-8-13-19)18-22(29-24)23(27)25-15-9-4-3-5-10-16-25/h18-21,24,26H,2-17H2,1H3/t20-,21+,24+/m0/s1. The smallest absolute Gasteiger partial charge is 0.288 e. The molecule has 0 aromatic carbocycles. The molecule has 1 amide bonds. The molecule has 0 bridgehead atoms. The van der Waals surface area contributed by atoms with Crippen LogP contribution in [0.25, 0.3) is 0 Å². The van der Waals surface area contributed by atoms with Crippen LogP contribution in [0.2, 0.25) is 0 Å². The molecule has 3 rings (SSSR count). The van der Waals surface area contributed by atoms with Gasteiger partial charge < -0.3 is 19.5 Å². The number of aliphatic hydroxyl groups excluding tert-OH is 1. The number of rotatable bonds is 7. The molecular weight excluding hydrogens is 366 g/mol. The first-order valence-electron chi connectivity index (χ1n) is 12.1. The minimum atomic E-state index is -0.378. The van der Waals surface area contributed by atoms with Gasteiger partial charge in [-0.25, -0.2) is 0 Å². The third-order valence-electron chi connectivity index (χ3n) is 7.01. The summed E-state index contributed by atoms with van der Waals surface area (Å²) in [4.78, 5) is 15.4. The van der Waals surface area contributed by atoms with Crippen molar-refractivity contribution in [1.82, 2.24) is 4.90 Å². The van der Waals surface area contributed by atoms with Gasteiger partial charge in [-0.05, 0) is 63.4 Å². The number of amides is 1. The predicted molar refractivity (Wildman–Crippen MR) is 114 cm³/mol. The van der Waals surface area contributed by atoms with E-state index in [1.807, 2.05) is 11.8 Å². The molecule has 2 fully saturated rings. The van der Waals surface area contributed by atoms with Gasteiger partial charge in [0, 0.05) is 32.2 Å². The van der Waals surface area contributed by atoms with Crippen molar-refractivity contribution in [2.75, 3.05) is 26.3 Å². The summed E-state index contributed by atoms with van der Waals surface area (Å²) in [5.74, 6) is 1.68. The molecule has 5 heteroatoms. The van der Waals surface area contributed by atoms with E-state index in [2.05, 4.69) is 6.08 Å². The first-order valence-corrected chi connectivity index (χ1v) is 12.1. The maximum absolute atomic E-state index is 13.4. The zero-order valence-electron chi connectivity index (χ0n) is 18.3. The van der Waals surface area contributed by atoms with Crippen LogP contribution in [-0.2, 0) is 14.3 Å². The molecule has 29 heavy (non-hydrogen) atoms. The number of carbonyl (C=O) groups excluding carboxylic acids is 1. The Hall–Kier alpha value is -1.07. The van der Waals surface area contributed by atoms with Gasteiger partial charge in [-0.3, -0.25) is 4.79 Å². The van der Waals surface area contributed by atoms with Crippen molar-refractivity contribution in [3.8, 4) is 0 Å². The normalized spacial score (nSPS) is 29.5. The molecular formula is C24H41NO4. The fourth-order valence-corrected chi connectivity index (χ4v) is 5.44. The van der Waals surface area contributed by atoms with Crippen molar-refractivity contribution >= 4 is 5.91 Å². The number of aliphatic hydroxyl groups is 1. The Bertz CT molecular complexity index is 521. The lowest BCUT2D eigenvalue weighted by Gasteiger charge is -2.42. The summed E-state index contributed by atoms with van der Waals surface area (Å²) in [5.41, 5.74) is 0. The lowest BCUT2D eigenvalue weighted by molar-refractivity contribution is -0.180. The van der Waals surface area contributed by atoms with Crippen LogP contribution < -0.4 is 0 Å². The molecule has 0 unspecified atom stereocenters. The van der Waals surface area contributed by atoms with E-state index < -0.39 is 0 Å². The number of likely N-dealkylation sites (tertiary alicyclic amines) is 1. The van der Waals surface area contributed by atoms with Crippen LogP contribution in [0.5, 0.6) is 0 Å². The zero-order valence-corrected chi connectivity index (χ0v) is 18.3. The van der Waals surface area contributed by atoms with Gasteiger partial charge in [-0.2, -0.15) is 0 Å². The molecule has 2 aliphatic heterocycles. The Morgan fingerprint density at radius 1 is 1.10 bits per heavy atom. The van der Waals surface area contributed by atoms with E-state index in [4.69, 9.17) is 9.47 Å². The number of carbonyl (C=O) groups is 1. The highest BCUT2D eigenvalue weighted by atomic mass is 16.7. The Labute approximate surface area is 176 Å². The highest BCUT2D eigenvalue weighted by molar-refractivity contribution is 5.91. The van der Waals surface area contributed by atoms with E-state index in [0.717, 1.165) is 38.8 Å². The fourth-order valence-electron chi connectivity index (χ4n) is 5.44. The summed E-state index contributed by atoms with van der Waals surface area (Å²) in [6.45, 7) is 4.42. The second-order valence-corrected chi connectivity index (χ2v) is 9.04. The Morgan fingerprint density at radius 3 is 2.41 bits per heavy atom. The monoisotopic (exact) mass is 407 g/mol. The van der Waals surface area contributed by atoms with Crippen LogP contribution in [-0.4, -0.2) is 48.5 Å². The van der Waals surface area contributed by atoms with Gasteiger partial charge in [0.15, 0.2) is 5.76 Å². The summed E-state index contributed by atoms with van der Waals surface area (Å²) in [6, 6.07) is 0. The van der Waals surface area contributed by atoms with Gasteiger partial charge in [-0.1, -0.05) is 38.5 Å². The van der Waals surface area contributed by atoms with Crippen molar-refractivity contribution < 1.29 is 19.4 Å². The molecule has 166 valence electrons. The number of hydrogen-bond acceptors (Lipinski definition) is 4. The maximum atomic E-state index is 13.4. The Balaban J connectivity index is 1.81. The number of hydrogen-bond donors (Lipinski definition) is 1. The van der Waals surface area contributed by atoms with E-state index in [-0.39, 0.29) is 24.7 Å². The predicted octanol–water partition coefficient (Wildman–Crippen LogP) is 4.64. The molecule has 1 saturated heterocycles. The third kappa shape index (κ3) is 6.21. The first-order chi connectivity index (χ1) is 14.2. The van der Waals surface area contributed by atoms with Crippen molar-refractivity contribution in [3.63, 3.8) is 0 Å². The van der Waals surface area contributed by atoms with Crippen molar-refractivity contribution in [3.05, 3.63) is 11.8 Å². The molecule has 0 aromatic rings. The maximum Gasteiger partial charge on any atom is 0.288 e. The molecule has 1 N–H and O–H groups in total. The van der Waals surface area contributed by atoms with Crippen LogP contribution in [0.15, 0.2) is 11.8 Å². The molecule has 1 aliphatic carbocycles. The van der Waals surface area contributed by atoms with Crippen molar-refractivity contribution in [2.45, 2.75) is 90.3 Å². The molecule has 0 radical (unpaired) electrons. The zero-order chi connectivity index (χ0) is 20.5. The molecule has 5 nitrogen and oxygen atoms in total. The fraction of sp³-hybridized carbons (Fsp3) is 0.875. The topological polar surface area (TPSA) is 59.0 Å². The summed E-state index contributed by atoms with van der Waals surface area (Å²) in [6.07, 6.45) is 15.6. The largest absolute Gasteiger partial charge is 0.459 e. The van der Waals surface area contributed by atoms with Gasteiger partial charge in [0.25, 0.3) is 5.91 Å². The average Bonchev–Trinajstić information content (AvgIpc) is 2.72. The van der Waals surface area contributed by atoms with E-state index in [0.29, 0.717) is 24.2 Å². The van der Waals surface area contributed by atoms with Crippen molar-refractivity contribution in [1.29, 1.82) is 0 Å². The van der Waals surface area contributed by atoms with Crippen LogP contribution in [0, 0.1) is 17.8 Å². The van der Waals surface area contributed by atoms with Crippen LogP contribution in [0.1, 0.15) is 84.0 Å². The summed E-state index contributed by atoms with van der Waals surface area (Å²) >= 11 is 0. The Morgan fingerprint density at radius 2 is 1.76 bits per heavy atom. The van der Waals surface area contributed by atoms with Crippen LogP contribution in [0.3, 0.4) is 0 Å². The van der Waals surface area contributed by atoms with Crippen molar-refractivity contribution in [2.24, 2.45) is 17.8 Å². The first kappa shape index (κ1) is 22.6. The highest BCUT2D eigenvalue weighted by Gasteiger charge is 2.41. The van der Waals surface area contributed by atoms with Gasteiger partial charge in [0.2, 0.25) is 6.29 Å². The summed E-state index contributed by atoms with van der Waals surface area (Å²) < 4.78 is 12.2. The summed E-state index contributed by atoms with van der Waals surface area (Å²) in [7, 11) is 0. The van der Waals surface area contributed by atoms with Gasteiger partial charge >= 0.3 is 0 Å². The van der Waals surface area contributed by atoms with E-state index in [1.54, 1.807) is 0 Å². The van der Waals surface area contributed by atoms with Crippen LogP contribution >= 0.6 is 0 Å². The molecule has 3 atom stereocenters. The van der Waals surface area contributed by atoms with E-state index >= 15 is 0 Å². The second-order valence-electron chi connectivity index (χ2n) is 9.04. The minimum Gasteiger partial charge on any atom is -0.459 e. The highest BCUT2D eigenvalue weighted by Crippen LogP contribution is 2.42. The molecule has 2 heterocycles. The van der Waals surface area contributed by atoms with E-state index in [9.17, 15) is 9.90 Å². The molecule has 0 aromatic heterocycles. The SMILES string of the molecule is CCO[C@@H]1OC(C(=O)N2CCCCCCC2)=C[C@H](C2CCCCC2)[C@@H]1CCCO. The molecule has 3 aliphatic rings. The third-order valence-corrected chi connectivity index (χ3v) is 7.01. The average molecular weight is 408 g/mol. The molecule has 1 saturated carbocycles. The van der Waals surface area contributed by atoms with E-state index in [1.165, 1.54) is 51.4 Å². The number of allylic oxidation sites excluding steroid dienone is 1. The number of ether oxygens (including phenoxy) is 2.